The van der Waals surface area contributed by atoms with E-state index in [-0.39, 0.29) is 25.0 Å². The Hall–Kier alpha value is -3.36. The standard InChI is InChI=1S/C31H31Cl2N3O4/c32-23-11-16-26(27(33)20-23)28-31(30(38)36-35-24-12-13-24,17-4-8-21-6-2-1-3-7-21)34-29(40-28)22-9-14-25(15-10-22)39-19-5-18-37/h1-4,6-11,14-16,20,24,28,35,37H,5,12-13,17-19H2,(H,36,38)/b8-4+/t28-,31-/m0/s1. The lowest BCUT2D eigenvalue weighted by atomic mass is 9.84. The molecule has 1 fully saturated rings. The van der Waals surface area contributed by atoms with Gasteiger partial charge in [0, 0.05) is 46.7 Å². The van der Waals surface area contributed by atoms with Crippen LogP contribution >= 0.6 is 23.2 Å². The molecule has 5 rings (SSSR count). The van der Waals surface area contributed by atoms with E-state index in [1.165, 1.54) is 0 Å². The van der Waals surface area contributed by atoms with Crippen molar-refractivity contribution < 1.29 is 19.4 Å². The molecule has 3 aromatic rings. The summed E-state index contributed by atoms with van der Waals surface area (Å²) in [6.07, 6.45) is 5.91. The van der Waals surface area contributed by atoms with Crippen molar-refractivity contribution in [2.45, 2.75) is 43.4 Å². The molecule has 1 aliphatic heterocycles. The zero-order valence-electron chi connectivity index (χ0n) is 21.9. The average molecular weight is 581 g/mol. The summed E-state index contributed by atoms with van der Waals surface area (Å²) in [6, 6.07) is 22.6. The molecule has 1 aliphatic carbocycles. The van der Waals surface area contributed by atoms with Gasteiger partial charge < -0.3 is 14.6 Å². The molecular weight excluding hydrogens is 549 g/mol. The maximum Gasteiger partial charge on any atom is 0.266 e. The number of aliphatic hydroxyl groups is 1. The van der Waals surface area contributed by atoms with E-state index in [2.05, 4.69) is 10.9 Å². The molecule has 0 aromatic heterocycles. The second kappa shape index (κ2) is 12.9. The highest BCUT2D eigenvalue weighted by atomic mass is 35.5. The van der Waals surface area contributed by atoms with Gasteiger partial charge >= 0.3 is 0 Å². The Kier molecular flexibility index (Phi) is 9.07. The third-order valence-corrected chi connectivity index (χ3v) is 7.34. The van der Waals surface area contributed by atoms with Crippen LogP contribution < -0.4 is 15.6 Å². The smallest absolute Gasteiger partial charge is 0.266 e. The molecular formula is C31H31Cl2N3O4. The fourth-order valence-electron chi connectivity index (χ4n) is 4.45. The minimum absolute atomic E-state index is 0.0653. The molecule has 40 heavy (non-hydrogen) atoms. The third kappa shape index (κ3) is 6.67. The van der Waals surface area contributed by atoms with Gasteiger partial charge in [0.1, 0.15) is 5.75 Å². The summed E-state index contributed by atoms with van der Waals surface area (Å²) in [6.45, 7) is 0.477. The van der Waals surface area contributed by atoms with Gasteiger partial charge in [0.05, 0.1) is 6.61 Å². The highest BCUT2D eigenvalue weighted by molar-refractivity contribution is 6.35. The van der Waals surface area contributed by atoms with Crippen LogP contribution in [0.2, 0.25) is 10.0 Å². The number of hydrogen-bond donors (Lipinski definition) is 3. The molecule has 0 saturated heterocycles. The van der Waals surface area contributed by atoms with Crippen LogP contribution in [0.25, 0.3) is 6.08 Å². The van der Waals surface area contributed by atoms with Gasteiger partial charge in [-0.3, -0.25) is 10.2 Å². The van der Waals surface area contributed by atoms with Crippen LogP contribution in [0, 0.1) is 0 Å². The van der Waals surface area contributed by atoms with Crippen molar-refractivity contribution in [2.75, 3.05) is 13.2 Å². The van der Waals surface area contributed by atoms with Gasteiger partial charge in [0.2, 0.25) is 5.90 Å². The van der Waals surface area contributed by atoms with Crippen LogP contribution in [0.1, 0.15) is 48.5 Å². The summed E-state index contributed by atoms with van der Waals surface area (Å²) >= 11 is 12.9. The van der Waals surface area contributed by atoms with E-state index in [9.17, 15) is 4.79 Å². The molecule has 3 aromatic carbocycles. The van der Waals surface area contributed by atoms with Crippen molar-refractivity contribution in [1.29, 1.82) is 0 Å². The Bertz CT molecular complexity index is 1380. The van der Waals surface area contributed by atoms with Crippen molar-refractivity contribution in [2.24, 2.45) is 4.99 Å². The second-order valence-corrected chi connectivity index (χ2v) is 10.7. The monoisotopic (exact) mass is 579 g/mol. The number of hydrazine groups is 1. The summed E-state index contributed by atoms with van der Waals surface area (Å²) in [5.41, 5.74) is 6.98. The maximum absolute atomic E-state index is 14.0. The fraction of sp³-hybridized carbons (Fsp3) is 0.290. The van der Waals surface area contributed by atoms with E-state index in [4.69, 9.17) is 42.8 Å². The van der Waals surface area contributed by atoms with Gasteiger partial charge in [-0.2, -0.15) is 0 Å². The zero-order valence-corrected chi connectivity index (χ0v) is 23.4. The Morgan fingerprint density at radius 3 is 2.58 bits per heavy atom. The van der Waals surface area contributed by atoms with E-state index in [1.54, 1.807) is 18.2 Å². The molecule has 0 unspecified atom stereocenters. The fourth-order valence-corrected chi connectivity index (χ4v) is 4.96. The van der Waals surface area contributed by atoms with Gasteiger partial charge in [-0.25, -0.2) is 10.4 Å². The number of benzene rings is 3. The lowest BCUT2D eigenvalue weighted by Gasteiger charge is -2.30. The van der Waals surface area contributed by atoms with Crippen molar-refractivity contribution in [3.63, 3.8) is 0 Å². The Morgan fingerprint density at radius 1 is 1.10 bits per heavy atom. The lowest BCUT2D eigenvalue weighted by molar-refractivity contribution is -0.129. The summed E-state index contributed by atoms with van der Waals surface area (Å²) in [5.74, 6) is 0.677. The van der Waals surface area contributed by atoms with Crippen molar-refractivity contribution >= 4 is 41.1 Å². The van der Waals surface area contributed by atoms with Gasteiger partial charge in [-0.15, -0.1) is 0 Å². The van der Waals surface area contributed by atoms with E-state index in [0.717, 1.165) is 18.4 Å². The van der Waals surface area contributed by atoms with Gasteiger partial charge in [-0.05, 0) is 54.8 Å². The van der Waals surface area contributed by atoms with Crippen molar-refractivity contribution in [1.82, 2.24) is 10.9 Å². The number of nitrogens with zero attached hydrogens (tertiary/aromatic N) is 1. The van der Waals surface area contributed by atoms with Gasteiger partial charge in [0.15, 0.2) is 11.6 Å². The molecule has 208 valence electrons. The molecule has 1 amide bonds. The van der Waals surface area contributed by atoms with Crippen molar-refractivity contribution in [3.8, 4) is 5.75 Å². The molecule has 1 saturated carbocycles. The molecule has 2 atom stereocenters. The predicted molar refractivity (Wildman–Crippen MR) is 158 cm³/mol. The number of carbonyl (C=O) groups excluding carboxylic acids is 1. The molecule has 0 bridgehead atoms. The first-order valence-corrected chi connectivity index (χ1v) is 14.1. The van der Waals surface area contributed by atoms with Gasteiger partial charge in [0.25, 0.3) is 5.91 Å². The van der Waals surface area contributed by atoms with Crippen LogP contribution in [-0.4, -0.2) is 41.7 Å². The van der Waals surface area contributed by atoms with Crippen LogP contribution in [0.5, 0.6) is 5.75 Å². The summed E-state index contributed by atoms with van der Waals surface area (Å²) in [7, 11) is 0. The quantitative estimate of drug-likeness (QED) is 0.183. The van der Waals surface area contributed by atoms with Crippen LogP contribution in [0.4, 0.5) is 0 Å². The number of halogens is 2. The highest BCUT2D eigenvalue weighted by Crippen LogP contribution is 2.45. The number of hydrogen-bond acceptors (Lipinski definition) is 6. The summed E-state index contributed by atoms with van der Waals surface area (Å²) in [4.78, 5) is 18.9. The number of aliphatic imine (C=N–C) groups is 1. The second-order valence-electron chi connectivity index (χ2n) is 9.84. The number of ether oxygens (including phenoxy) is 2. The molecule has 0 spiro atoms. The van der Waals surface area contributed by atoms with Crippen molar-refractivity contribution in [3.05, 3.63) is 106 Å². The molecule has 2 aliphatic rings. The summed E-state index contributed by atoms with van der Waals surface area (Å²) < 4.78 is 12.1. The van der Waals surface area contributed by atoms with E-state index in [1.807, 2.05) is 66.7 Å². The minimum atomic E-state index is -1.35. The molecule has 0 radical (unpaired) electrons. The van der Waals surface area contributed by atoms with E-state index >= 15 is 0 Å². The van der Waals surface area contributed by atoms with Crippen LogP contribution in [0.3, 0.4) is 0 Å². The minimum Gasteiger partial charge on any atom is -0.494 e. The van der Waals surface area contributed by atoms with E-state index in [0.29, 0.717) is 45.8 Å². The first-order valence-electron chi connectivity index (χ1n) is 13.3. The average Bonchev–Trinajstić information content (AvgIpc) is 3.72. The highest BCUT2D eigenvalue weighted by Gasteiger charge is 2.53. The first-order chi connectivity index (χ1) is 19.5. The molecule has 3 N–H and O–H groups in total. The maximum atomic E-state index is 14.0. The summed E-state index contributed by atoms with van der Waals surface area (Å²) in [5, 5.41) is 9.88. The Balaban J connectivity index is 1.52. The predicted octanol–water partition coefficient (Wildman–Crippen LogP) is 5.90. The largest absolute Gasteiger partial charge is 0.494 e. The topological polar surface area (TPSA) is 92.2 Å². The molecule has 1 heterocycles. The first kappa shape index (κ1) is 28.2. The Labute approximate surface area is 243 Å². The Morgan fingerprint density at radius 2 is 1.88 bits per heavy atom. The number of nitrogens with one attached hydrogen (secondary N) is 2. The molecule has 7 nitrogen and oxygen atoms in total. The number of rotatable bonds is 12. The number of aliphatic hydroxyl groups excluding tert-OH is 1. The zero-order chi connectivity index (χ0) is 28.0. The van der Waals surface area contributed by atoms with E-state index < -0.39 is 11.6 Å². The normalized spacial score (nSPS) is 20.3. The number of amides is 1. The third-order valence-electron chi connectivity index (χ3n) is 6.78. The molecule has 9 heteroatoms. The lowest BCUT2D eigenvalue weighted by Crippen LogP contribution is -2.53. The van der Waals surface area contributed by atoms with Crippen LogP contribution in [-0.2, 0) is 9.53 Å². The SMILES string of the molecule is O=C(NNC1CC1)[C@@]1(C/C=C/c2ccccc2)N=C(c2ccc(OCCCO)cc2)O[C@H]1c1ccc(Cl)cc1Cl. The van der Waals surface area contributed by atoms with Gasteiger partial charge in [-0.1, -0.05) is 71.8 Å². The van der Waals surface area contributed by atoms with Crippen LogP contribution in [0.15, 0.2) is 83.9 Å². The number of carbonyl (C=O) groups is 1.